The lowest BCUT2D eigenvalue weighted by atomic mass is 10.1. The van der Waals surface area contributed by atoms with Crippen LogP contribution >= 0.6 is 0 Å². The van der Waals surface area contributed by atoms with Gasteiger partial charge in [-0.1, -0.05) is 194 Å². The number of esters is 2. The third-order valence-corrected chi connectivity index (χ3v) is 11.7. The molecule has 0 heterocycles. The Hall–Kier alpha value is -2.16. The van der Waals surface area contributed by atoms with E-state index < -0.39 is 24.5 Å². The molecular formula is C56H102O12. The van der Waals surface area contributed by atoms with Gasteiger partial charge in [0.05, 0.1) is 64.0 Å². The quantitative estimate of drug-likeness (QED) is 0.0350. The molecule has 0 saturated carbocycles. The summed E-state index contributed by atoms with van der Waals surface area (Å²) in [5, 5.41) is 0. The molecule has 68 heavy (non-hydrogen) atoms. The molecule has 2 unspecified atom stereocenters. The Balaban J connectivity index is 2.38. The molecule has 0 spiro atoms. The topological polar surface area (TPSA) is 126 Å². The summed E-state index contributed by atoms with van der Waals surface area (Å²) in [7, 11) is 0. The first-order valence-electron chi connectivity index (χ1n) is 27.8. The summed E-state index contributed by atoms with van der Waals surface area (Å²) < 4.78 is 58.3. The highest BCUT2D eigenvalue weighted by molar-refractivity contribution is 6.03. The molecule has 398 valence electrons. The van der Waals surface area contributed by atoms with E-state index >= 15 is 0 Å². The number of hydrogen-bond donors (Lipinski definition) is 0. The van der Waals surface area contributed by atoms with E-state index in [9.17, 15) is 9.59 Å². The molecule has 0 bridgehead atoms. The van der Waals surface area contributed by atoms with E-state index in [2.05, 4.69) is 27.7 Å². The highest BCUT2D eigenvalue weighted by Gasteiger charge is 2.19. The van der Waals surface area contributed by atoms with Crippen LogP contribution in [-0.2, 0) is 47.4 Å². The molecular weight excluding hydrogens is 865 g/mol. The summed E-state index contributed by atoms with van der Waals surface area (Å²) in [5.41, 5.74) is 0.258. The Labute approximate surface area is 415 Å². The molecule has 0 aliphatic heterocycles. The summed E-state index contributed by atoms with van der Waals surface area (Å²) in [6.07, 6.45) is 33.5. The Morgan fingerprint density at radius 1 is 0.324 bits per heavy atom. The standard InChI is InChI=1S/C56H102O12/c1-5-9-13-17-21-25-31-37-61-49-53(63-39-33-27-23-19-15-11-7-3)65-45-41-59-43-47-67-55(57)51-35-29-30-36-52(51)56(58)68-48-44-60-42-46-66-54(64-40-34-28-24-20-16-12-8-4)50-62-38-32-26-22-18-14-10-6-2/h29-30,35-36,53-54H,5-28,31-34,37-50H2,1-4H3. The zero-order chi connectivity index (χ0) is 49.1. The number of carbonyl (C=O) groups excluding carboxylic acids is 2. The van der Waals surface area contributed by atoms with Gasteiger partial charge in [-0.2, -0.15) is 0 Å². The molecule has 1 aromatic rings. The predicted molar refractivity (Wildman–Crippen MR) is 274 cm³/mol. The maximum atomic E-state index is 13.0. The van der Waals surface area contributed by atoms with Crippen LogP contribution < -0.4 is 0 Å². The second-order valence-electron chi connectivity index (χ2n) is 18.0. The highest BCUT2D eigenvalue weighted by atomic mass is 16.7. The van der Waals surface area contributed by atoms with Gasteiger partial charge in [-0.05, 0) is 37.8 Å². The van der Waals surface area contributed by atoms with Crippen LogP contribution in [-0.4, -0.2) is 117 Å². The SMILES string of the molecule is CCCCCCCCCOCC(OCCCCCCCCC)OCCOCCOC(=O)c1ccccc1C(=O)OCCOCCOC(COCCCCCCCCC)OCCCCCCCCC. The van der Waals surface area contributed by atoms with Gasteiger partial charge >= 0.3 is 11.9 Å². The fourth-order valence-electron chi connectivity index (χ4n) is 7.58. The molecule has 0 N–H and O–H groups in total. The average Bonchev–Trinajstić information content (AvgIpc) is 3.35. The van der Waals surface area contributed by atoms with Crippen molar-refractivity contribution in [2.75, 3.05) is 92.5 Å². The summed E-state index contributed by atoms with van der Waals surface area (Å²) >= 11 is 0. The molecule has 1 rings (SSSR count). The monoisotopic (exact) mass is 967 g/mol. The predicted octanol–water partition coefficient (Wildman–Crippen LogP) is 13.8. The number of hydrogen-bond acceptors (Lipinski definition) is 12. The second kappa shape index (κ2) is 51.2. The minimum absolute atomic E-state index is 0.0220. The van der Waals surface area contributed by atoms with E-state index in [0.29, 0.717) is 66.1 Å². The Kier molecular flexibility index (Phi) is 48.1. The lowest BCUT2D eigenvalue weighted by Crippen LogP contribution is -2.26. The van der Waals surface area contributed by atoms with Crippen LogP contribution in [0.5, 0.6) is 0 Å². The van der Waals surface area contributed by atoms with Crippen LogP contribution in [0.25, 0.3) is 0 Å². The molecule has 0 aliphatic carbocycles. The number of ether oxygens (including phenoxy) is 10. The van der Waals surface area contributed by atoms with Gasteiger partial charge in [0.15, 0.2) is 12.6 Å². The van der Waals surface area contributed by atoms with Crippen molar-refractivity contribution in [1.82, 2.24) is 0 Å². The van der Waals surface area contributed by atoms with Crippen LogP contribution in [0.2, 0.25) is 0 Å². The number of benzene rings is 1. The summed E-state index contributed by atoms with van der Waals surface area (Å²) in [5.74, 6) is -1.25. The van der Waals surface area contributed by atoms with Crippen LogP contribution in [0.4, 0.5) is 0 Å². The smallest absolute Gasteiger partial charge is 0.339 e. The number of rotatable bonds is 54. The largest absolute Gasteiger partial charge is 0.460 e. The lowest BCUT2D eigenvalue weighted by molar-refractivity contribution is -0.179. The molecule has 2 atom stereocenters. The minimum Gasteiger partial charge on any atom is -0.460 e. The fourth-order valence-corrected chi connectivity index (χ4v) is 7.58. The molecule has 0 radical (unpaired) electrons. The summed E-state index contributed by atoms with van der Waals surface area (Å²) in [6, 6.07) is 6.46. The van der Waals surface area contributed by atoms with Crippen molar-refractivity contribution in [2.45, 2.75) is 220 Å². The number of carbonyl (C=O) groups is 2. The average molecular weight is 967 g/mol. The van der Waals surface area contributed by atoms with Crippen molar-refractivity contribution in [3.05, 3.63) is 35.4 Å². The van der Waals surface area contributed by atoms with E-state index in [1.165, 1.54) is 141 Å². The maximum absolute atomic E-state index is 13.0. The van der Waals surface area contributed by atoms with Gasteiger partial charge < -0.3 is 47.4 Å². The highest BCUT2D eigenvalue weighted by Crippen LogP contribution is 2.14. The van der Waals surface area contributed by atoms with E-state index in [4.69, 9.17) is 47.4 Å². The Morgan fingerprint density at radius 2 is 0.603 bits per heavy atom. The van der Waals surface area contributed by atoms with E-state index in [-0.39, 0.29) is 37.6 Å². The van der Waals surface area contributed by atoms with Gasteiger partial charge in [0, 0.05) is 26.4 Å². The third kappa shape index (κ3) is 40.6. The van der Waals surface area contributed by atoms with Crippen molar-refractivity contribution in [1.29, 1.82) is 0 Å². The second-order valence-corrected chi connectivity index (χ2v) is 18.0. The lowest BCUT2D eigenvalue weighted by Gasteiger charge is -2.19. The molecule has 12 heteroatoms. The van der Waals surface area contributed by atoms with Crippen LogP contribution in [0.3, 0.4) is 0 Å². The Morgan fingerprint density at radius 3 is 0.941 bits per heavy atom. The third-order valence-electron chi connectivity index (χ3n) is 11.7. The van der Waals surface area contributed by atoms with Gasteiger partial charge in [0.2, 0.25) is 0 Å². The van der Waals surface area contributed by atoms with Crippen molar-refractivity contribution in [2.24, 2.45) is 0 Å². The zero-order valence-electron chi connectivity index (χ0n) is 44.1. The van der Waals surface area contributed by atoms with Crippen molar-refractivity contribution < 1.29 is 57.0 Å². The van der Waals surface area contributed by atoms with Crippen molar-refractivity contribution in [3.8, 4) is 0 Å². The first kappa shape index (κ1) is 63.9. The maximum Gasteiger partial charge on any atom is 0.339 e. The minimum atomic E-state index is -0.627. The molecule has 0 amide bonds. The van der Waals surface area contributed by atoms with E-state index in [1.807, 2.05) is 0 Å². The number of unbranched alkanes of at least 4 members (excludes halogenated alkanes) is 24. The van der Waals surface area contributed by atoms with Crippen molar-refractivity contribution in [3.63, 3.8) is 0 Å². The molecule has 12 nitrogen and oxygen atoms in total. The van der Waals surface area contributed by atoms with Gasteiger partial charge in [-0.3, -0.25) is 0 Å². The first-order valence-corrected chi connectivity index (χ1v) is 27.8. The van der Waals surface area contributed by atoms with Crippen LogP contribution in [0.1, 0.15) is 228 Å². The first-order chi connectivity index (χ1) is 33.6. The molecule has 0 aliphatic rings. The van der Waals surface area contributed by atoms with Gasteiger partial charge in [0.1, 0.15) is 13.2 Å². The van der Waals surface area contributed by atoms with Gasteiger partial charge in [-0.15, -0.1) is 0 Å². The van der Waals surface area contributed by atoms with Crippen LogP contribution in [0.15, 0.2) is 24.3 Å². The Bertz CT molecular complexity index is 1130. The normalized spacial score (nSPS) is 12.4. The molecule has 0 saturated heterocycles. The molecule has 1 aromatic carbocycles. The molecule has 0 aromatic heterocycles. The molecule has 0 fully saturated rings. The summed E-state index contributed by atoms with van der Waals surface area (Å²) in [6.45, 7) is 14.1. The fraction of sp³-hybridized carbons (Fsp3) is 0.857. The van der Waals surface area contributed by atoms with Gasteiger partial charge in [0.25, 0.3) is 0 Å². The zero-order valence-corrected chi connectivity index (χ0v) is 44.1. The summed E-state index contributed by atoms with van der Waals surface area (Å²) in [4.78, 5) is 26.0. The van der Waals surface area contributed by atoms with Gasteiger partial charge in [-0.25, -0.2) is 9.59 Å². The van der Waals surface area contributed by atoms with Crippen molar-refractivity contribution >= 4 is 11.9 Å². The van der Waals surface area contributed by atoms with Crippen LogP contribution in [0, 0.1) is 0 Å². The van der Waals surface area contributed by atoms with E-state index in [0.717, 1.165) is 38.5 Å². The van der Waals surface area contributed by atoms with E-state index in [1.54, 1.807) is 24.3 Å².